The minimum absolute atomic E-state index is 0.528. The third kappa shape index (κ3) is 1.33. The summed E-state index contributed by atoms with van der Waals surface area (Å²) in [5.41, 5.74) is -0.528. The molecule has 1 nitrogen and oxygen atoms in total. The molecule has 1 rings (SSSR count). The Morgan fingerprint density at radius 2 is 2.44 bits per heavy atom. The van der Waals surface area contributed by atoms with Crippen molar-refractivity contribution >= 4 is 0 Å². The first-order valence-corrected chi connectivity index (χ1v) is 3.52. The van der Waals surface area contributed by atoms with Crippen LogP contribution in [0, 0.1) is 5.92 Å². The second kappa shape index (κ2) is 2.14. The third-order valence-electron chi connectivity index (χ3n) is 2.15. The maximum Gasteiger partial charge on any atom is 0.0827 e. The Bertz CT molecular complexity index is 120. The summed E-state index contributed by atoms with van der Waals surface area (Å²) in [6, 6.07) is 0. The van der Waals surface area contributed by atoms with E-state index in [-0.39, 0.29) is 0 Å². The number of hydrogen-bond acceptors (Lipinski definition) is 1. The molecule has 1 aliphatic rings. The average Bonchev–Trinajstić information content (AvgIpc) is 2.13. The van der Waals surface area contributed by atoms with Crippen LogP contribution in [0.5, 0.6) is 0 Å². The molecule has 1 saturated carbocycles. The van der Waals surface area contributed by atoms with Crippen molar-refractivity contribution in [1.82, 2.24) is 0 Å². The van der Waals surface area contributed by atoms with E-state index in [1.807, 2.05) is 0 Å². The summed E-state index contributed by atoms with van der Waals surface area (Å²) >= 11 is 0. The molecule has 2 unspecified atom stereocenters. The van der Waals surface area contributed by atoms with Gasteiger partial charge in [0.05, 0.1) is 5.60 Å². The molecule has 1 aliphatic carbocycles. The third-order valence-corrected chi connectivity index (χ3v) is 2.15. The van der Waals surface area contributed by atoms with Gasteiger partial charge in [0, 0.05) is 0 Å². The Balaban J connectivity index is 2.54. The van der Waals surface area contributed by atoms with Crippen molar-refractivity contribution in [3.63, 3.8) is 0 Å². The standard InChI is InChI=1S/C8H14O/c1-3-8(9)5-4-7(2)6-8/h3,7,9H,1,4-6H2,2H3. The zero-order valence-electron chi connectivity index (χ0n) is 5.93. The lowest BCUT2D eigenvalue weighted by Gasteiger charge is -2.15. The van der Waals surface area contributed by atoms with Crippen LogP contribution in [0.4, 0.5) is 0 Å². The fourth-order valence-electron chi connectivity index (χ4n) is 1.49. The highest BCUT2D eigenvalue weighted by molar-refractivity contribution is 5.00. The van der Waals surface area contributed by atoms with Gasteiger partial charge in [-0.1, -0.05) is 13.0 Å². The van der Waals surface area contributed by atoms with Gasteiger partial charge in [-0.2, -0.15) is 0 Å². The molecule has 1 fully saturated rings. The molecule has 0 aromatic rings. The van der Waals surface area contributed by atoms with Gasteiger partial charge in [0.15, 0.2) is 0 Å². The van der Waals surface area contributed by atoms with Crippen LogP contribution in [0.1, 0.15) is 26.2 Å². The van der Waals surface area contributed by atoms with Crippen LogP contribution in [0.2, 0.25) is 0 Å². The molecule has 0 aromatic carbocycles. The minimum Gasteiger partial charge on any atom is -0.386 e. The molecule has 0 radical (unpaired) electrons. The van der Waals surface area contributed by atoms with Crippen molar-refractivity contribution in [2.75, 3.05) is 0 Å². The predicted octanol–water partition coefficient (Wildman–Crippen LogP) is 1.72. The van der Waals surface area contributed by atoms with E-state index >= 15 is 0 Å². The Morgan fingerprint density at radius 1 is 1.78 bits per heavy atom. The van der Waals surface area contributed by atoms with Gasteiger partial charge in [-0.25, -0.2) is 0 Å². The first kappa shape index (κ1) is 6.81. The SMILES string of the molecule is C=CC1(O)CCC(C)C1. The normalized spacial score (nSPS) is 43.1. The fourth-order valence-corrected chi connectivity index (χ4v) is 1.49. The molecule has 0 aromatic heterocycles. The van der Waals surface area contributed by atoms with Gasteiger partial charge in [-0.05, 0) is 25.2 Å². The summed E-state index contributed by atoms with van der Waals surface area (Å²) in [6.45, 7) is 5.77. The topological polar surface area (TPSA) is 20.2 Å². The highest BCUT2D eigenvalue weighted by Crippen LogP contribution is 2.34. The van der Waals surface area contributed by atoms with E-state index in [4.69, 9.17) is 0 Å². The predicted molar refractivity (Wildman–Crippen MR) is 38.2 cm³/mol. The molecular weight excluding hydrogens is 112 g/mol. The van der Waals surface area contributed by atoms with E-state index in [0.717, 1.165) is 19.3 Å². The molecule has 52 valence electrons. The van der Waals surface area contributed by atoms with E-state index in [1.54, 1.807) is 6.08 Å². The van der Waals surface area contributed by atoms with Gasteiger partial charge in [-0.15, -0.1) is 6.58 Å². The monoisotopic (exact) mass is 126 g/mol. The van der Waals surface area contributed by atoms with Crippen LogP contribution in [0.15, 0.2) is 12.7 Å². The Kier molecular flexibility index (Phi) is 1.62. The summed E-state index contributed by atoms with van der Waals surface area (Å²) in [6.07, 6.45) is 4.62. The highest BCUT2D eigenvalue weighted by atomic mass is 16.3. The molecule has 0 heterocycles. The molecule has 0 bridgehead atoms. The van der Waals surface area contributed by atoms with Crippen LogP contribution in [-0.2, 0) is 0 Å². The van der Waals surface area contributed by atoms with Crippen LogP contribution in [0.25, 0.3) is 0 Å². The second-order valence-corrected chi connectivity index (χ2v) is 3.16. The summed E-state index contributed by atoms with van der Waals surface area (Å²) in [7, 11) is 0. The van der Waals surface area contributed by atoms with Crippen molar-refractivity contribution in [1.29, 1.82) is 0 Å². The number of hydrogen-bond donors (Lipinski definition) is 1. The summed E-state index contributed by atoms with van der Waals surface area (Å²) < 4.78 is 0. The molecule has 1 heteroatoms. The first-order valence-electron chi connectivity index (χ1n) is 3.52. The molecule has 0 amide bonds. The molecule has 9 heavy (non-hydrogen) atoms. The largest absolute Gasteiger partial charge is 0.386 e. The van der Waals surface area contributed by atoms with Crippen LogP contribution < -0.4 is 0 Å². The Morgan fingerprint density at radius 3 is 2.67 bits per heavy atom. The number of aliphatic hydroxyl groups is 1. The van der Waals surface area contributed by atoms with Gasteiger partial charge < -0.3 is 5.11 Å². The summed E-state index contributed by atoms with van der Waals surface area (Å²) in [4.78, 5) is 0. The first-order chi connectivity index (χ1) is 4.16. The van der Waals surface area contributed by atoms with E-state index in [2.05, 4.69) is 13.5 Å². The van der Waals surface area contributed by atoms with E-state index in [9.17, 15) is 5.11 Å². The highest BCUT2D eigenvalue weighted by Gasteiger charge is 2.31. The smallest absolute Gasteiger partial charge is 0.0827 e. The van der Waals surface area contributed by atoms with Crippen molar-refractivity contribution in [3.8, 4) is 0 Å². The molecule has 0 saturated heterocycles. The molecule has 2 atom stereocenters. The van der Waals surface area contributed by atoms with Gasteiger partial charge in [0.25, 0.3) is 0 Å². The zero-order valence-corrected chi connectivity index (χ0v) is 5.93. The van der Waals surface area contributed by atoms with Gasteiger partial charge >= 0.3 is 0 Å². The summed E-state index contributed by atoms with van der Waals surface area (Å²) in [5, 5.41) is 9.55. The van der Waals surface area contributed by atoms with Crippen LogP contribution >= 0.6 is 0 Å². The molecule has 0 aliphatic heterocycles. The number of rotatable bonds is 1. The zero-order chi connectivity index (χ0) is 6.91. The van der Waals surface area contributed by atoms with Crippen molar-refractivity contribution in [2.24, 2.45) is 5.92 Å². The lowest BCUT2D eigenvalue weighted by Crippen LogP contribution is -2.20. The quantitative estimate of drug-likeness (QED) is 0.530. The Hall–Kier alpha value is -0.300. The Labute approximate surface area is 56.4 Å². The van der Waals surface area contributed by atoms with Gasteiger partial charge in [-0.3, -0.25) is 0 Å². The van der Waals surface area contributed by atoms with E-state index in [1.165, 1.54) is 0 Å². The van der Waals surface area contributed by atoms with Crippen molar-refractivity contribution in [3.05, 3.63) is 12.7 Å². The molecule has 1 N–H and O–H groups in total. The van der Waals surface area contributed by atoms with Gasteiger partial charge in [0.2, 0.25) is 0 Å². The summed E-state index contributed by atoms with van der Waals surface area (Å²) in [5.74, 6) is 0.674. The van der Waals surface area contributed by atoms with E-state index < -0.39 is 5.60 Å². The van der Waals surface area contributed by atoms with Crippen molar-refractivity contribution in [2.45, 2.75) is 31.8 Å². The molecular formula is C8H14O. The molecule has 0 spiro atoms. The fraction of sp³-hybridized carbons (Fsp3) is 0.750. The average molecular weight is 126 g/mol. The van der Waals surface area contributed by atoms with Crippen molar-refractivity contribution < 1.29 is 5.11 Å². The van der Waals surface area contributed by atoms with Crippen LogP contribution in [-0.4, -0.2) is 10.7 Å². The minimum atomic E-state index is -0.528. The maximum atomic E-state index is 9.55. The van der Waals surface area contributed by atoms with Crippen LogP contribution in [0.3, 0.4) is 0 Å². The lowest BCUT2D eigenvalue weighted by atomic mass is 10.0. The second-order valence-electron chi connectivity index (χ2n) is 3.16. The van der Waals surface area contributed by atoms with E-state index in [0.29, 0.717) is 5.92 Å². The maximum absolute atomic E-state index is 9.55. The van der Waals surface area contributed by atoms with Gasteiger partial charge in [0.1, 0.15) is 0 Å². The lowest BCUT2D eigenvalue weighted by molar-refractivity contribution is 0.0957.